The zero-order valence-corrected chi connectivity index (χ0v) is 15.3. The van der Waals surface area contributed by atoms with E-state index in [0.29, 0.717) is 37.7 Å². The quantitative estimate of drug-likeness (QED) is 0.850. The fourth-order valence-corrected chi connectivity index (χ4v) is 3.26. The summed E-state index contributed by atoms with van der Waals surface area (Å²) in [6.45, 7) is 8.67. The Hall–Kier alpha value is -2.96. The summed E-state index contributed by atoms with van der Waals surface area (Å²) in [5, 5.41) is 2.97. The average Bonchev–Trinajstić information content (AvgIpc) is 2.64. The molecule has 26 heavy (non-hydrogen) atoms. The maximum Gasteiger partial charge on any atom is 0.274 e. The van der Waals surface area contributed by atoms with Gasteiger partial charge in [-0.2, -0.15) is 0 Å². The van der Waals surface area contributed by atoms with Crippen LogP contribution in [0.3, 0.4) is 0 Å². The second-order valence-electron chi connectivity index (χ2n) is 6.62. The van der Waals surface area contributed by atoms with Gasteiger partial charge in [-0.05, 0) is 31.9 Å². The van der Waals surface area contributed by atoms with Crippen molar-refractivity contribution in [1.29, 1.82) is 0 Å². The van der Waals surface area contributed by atoms with E-state index >= 15 is 0 Å². The van der Waals surface area contributed by atoms with Crippen LogP contribution in [0.5, 0.6) is 0 Å². The van der Waals surface area contributed by atoms with Gasteiger partial charge in [0, 0.05) is 37.9 Å². The molecule has 2 heterocycles. The van der Waals surface area contributed by atoms with Crippen LogP contribution in [0.25, 0.3) is 0 Å². The Morgan fingerprint density at radius 2 is 1.69 bits per heavy atom. The number of carbonyl (C=O) groups is 2. The Morgan fingerprint density at radius 1 is 1.04 bits per heavy atom. The Balaban J connectivity index is 1.76. The number of nitrogens with zero attached hydrogens (tertiary/aromatic N) is 4. The smallest absolute Gasteiger partial charge is 0.274 e. The molecule has 136 valence electrons. The molecule has 0 saturated carbocycles. The van der Waals surface area contributed by atoms with Crippen LogP contribution in [0.1, 0.15) is 27.2 Å². The van der Waals surface area contributed by atoms with Gasteiger partial charge >= 0.3 is 0 Å². The van der Waals surface area contributed by atoms with Gasteiger partial charge in [0.2, 0.25) is 6.41 Å². The highest BCUT2D eigenvalue weighted by atomic mass is 16.2. The third kappa shape index (κ3) is 3.82. The van der Waals surface area contributed by atoms with Crippen LogP contribution >= 0.6 is 0 Å². The molecule has 1 aromatic carbocycles. The molecular formula is C19H23N5O2. The largest absolute Gasteiger partial charge is 0.353 e. The molecule has 2 amide bonds. The lowest BCUT2D eigenvalue weighted by Crippen LogP contribution is -2.46. The van der Waals surface area contributed by atoms with Gasteiger partial charge in [0.1, 0.15) is 17.8 Å². The van der Waals surface area contributed by atoms with E-state index in [1.54, 1.807) is 11.0 Å². The van der Waals surface area contributed by atoms with Crippen LogP contribution < -0.4 is 10.2 Å². The minimum atomic E-state index is -0.254. The van der Waals surface area contributed by atoms with E-state index in [0.717, 1.165) is 28.8 Å². The molecule has 1 fully saturated rings. The molecule has 1 aromatic heterocycles. The highest BCUT2D eigenvalue weighted by Crippen LogP contribution is 2.23. The van der Waals surface area contributed by atoms with Gasteiger partial charge in [0.15, 0.2) is 0 Å². The Kier molecular flexibility index (Phi) is 5.16. The van der Waals surface area contributed by atoms with Gasteiger partial charge in [-0.3, -0.25) is 9.59 Å². The molecule has 0 aliphatic carbocycles. The fourth-order valence-electron chi connectivity index (χ4n) is 3.26. The van der Waals surface area contributed by atoms with Crippen molar-refractivity contribution >= 4 is 23.8 Å². The maximum atomic E-state index is 12.7. The van der Waals surface area contributed by atoms with Crippen LogP contribution in [0, 0.1) is 20.8 Å². The van der Waals surface area contributed by atoms with Gasteiger partial charge in [0.05, 0.1) is 0 Å². The lowest BCUT2D eigenvalue weighted by Gasteiger charge is -2.33. The third-order valence-corrected chi connectivity index (χ3v) is 4.59. The second-order valence-corrected chi connectivity index (χ2v) is 6.62. The van der Waals surface area contributed by atoms with Gasteiger partial charge in [-0.25, -0.2) is 9.97 Å². The molecular weight excluding hydrogens is 330 g/mol. The molecule has 0 bridgehead atoms. The molecule has 1 saturated heterocycles. The monoisotopic (exact) mass is 353 g/mol. The van der Waals surface area contributed by atoms with E-state index in [4.69, 9.17) is 0 Å². The molecule has 1 aliphatic heterocycles. The number of piperazine rings is 1. The minimum Gasteiger partial charge on any atom is -0.353 e. The Morgan fingerprint density at radius 3 is 2.31 bits per heavy atom. The molecule has 1 N–H and O–H groups in total. The first-order valence-electron chi connectivity index (χ1n) is 8.63. The number of hydrogen-bond donors (Lipinski definition) is 1. The zero-order valence-electron chi connectivity index (χ0n) is 15.3. The third-order valence-electron chi connectivity index (χ3n) is 4.59. The molecule has 2 aromatic rings. The van der Waals surface area contributed by atoms with Crippen molar-refractivity contribution in [2.24, 2.45) is 0 Å². The van der Waals surface area contributed by atoms with Crippen molar-refractivity contribution in [1.82, 2.24) is 14.9 Å². The number of carbonyl (C=O) groups excluding carboxylic acids is 2. The lowest BCUT2D eigenvalue weighted by molar-refractivity contribution is -0.118. The summed E-state index contributed by atoms with van der Waals surface area (Å²) in [6.07, 6.45) is 2.27. The summed E-state index contributed by atoms with van der Waals surface area (Å²) in [7, 11) is 0. The fraction of sp³-hybridized carbons (Fsp3) is 0.368. The summed E-state index contributed by atoms with van der Waals surface area (Å²) in [5.74, 6) is 0.447. The van der Waals surface area contributed by atoms with Crippen LogP contribution in [0.4, 0.5) is 11.5 Å². The van der Waals surface area contributed by atoms with Crippen molar-refractivity contribution in [3.8, 4) is 0 Å². The number of aromatic nitrogens is 2. The van der Waals surface area contributed by atoms with E-state index in [9.17, 15) is 9.59 Å². The number of aryl methyl sites for hydroxylation is 3. The van der Waals surface area contributed by atoms with Crippen molar-refractivity contribution in [2.75, 3.05) is 36.4 Å². The highest BCUT2D eigenvalue weighted by molar-refractivity contribution is 6.04. The van der Waals surface area contributed by atoms with Gasteiger partial charge in [-0.1, -0.05) is 17.7 Å². The van der Waals surface area contributed by atoms with Gasteiger partial charge in [0.25, 0.3) is 5.91 Å². The number of rotatable bonds is 4. The molecule has 7 nitrogen and oxygen atoms in total. The van der Waals surface area contributed by atoms with Crippen molar-refractivity contribution in [3.05, 3.63) is 46.9 Å². The molecule has 0 atom stereocenters. The summed E-state index contributed by atoms with van der Waals surface area (Å²) >= 11 is 0. The van der Waals surface area contributed by atoms with Gasteiger partial charge in [-0.15, -0.1) is 0 Å². The van der Waals surface area contributed by atoms with E-state index in [2.05, 4.69) is 20.2 Å². The van der Waals surface area contributed by atoms with Crippen LogP contribution in [0.2, 0.25) is 0 Å². The number of hydrogen-bond acceptors (Lipinski definition) is 5. The number of anilines is 2. The van der Waals surface area contributed by atoms with Crippen LogP contribution in [-0.2, 0) is 4.79 Å². The number of nitrogens with one attached hydrogen (secondary N) is 1. The van der Waals surface area contributed by atoms with Crippen molar-refractivity contribution in [2.45, 2.75) is 20.8 Å². The number of amides is 2. The normalized spacial score (nSPS) is 14.3. The predicted molar refractivity (Wildman–Crippen MR) is 100 cm³/mol. The predicted octanol–water partition coefficient (Wildman–Crippen LogP) is 1.93. The van der Waals surface area contributed by atoms with E-state index in [1.807, 2.05) is 32.9 Å². The number of benzene rings is 1. The Bertz CT molecular complexity index is 805. The van der Waals surface area contributed by atoms with Crippen molar-refractivity contribution in [3.63, 3.8) is 0 Å². The summed E-state index contributed by atoms with van der Waals surface area (Å²) in [5.41, 5.74) is 4.36. The second kappa shape index (κ2) is 7.51. The van der Waals surface area contributed by atoms with Crippen molar-refractivity contribution < 1.29 is 9.59 Å². The summed E-state index contributed by atoms with van der Waals surface area (Å²) < 4.78 is 0. The molecule has 0 unspecified atom stereocenters. The first-order valence-corrected chi connectivity index (χ1v) is 8.63. The first kappa shape index (κ1) is 17.8. The van der Waals surface area contributed by atoms with E-state index < -0.39 is 0 Å². The van der Waals surface area contributed by atoms with E-state index in [1.165, 1.54) is 6.33 Å². The Labute approximate surface area is 153 Å². The molecule has 3 rings (SSSR count). The van der Waals surface area contributed by atoms with Crippen LogP contribution in [0.15, 0.2) is 24.5 Å². The first-order chi connectivity index (χ1) is 12.5. The van der Waals surface area contributed by atoms with Gasteiger partial charge < -0.3 is 15.1 Å². The van der Waals surface area contributed by atoms with E-state index in [-0.39, 0.29) is 5.91 Å². The molecule has 0 spiro atoms. The minimum absolute atomic E-state index is 0.254. The summed E-state index contributed by atoms with van der Waals surface area (Å²) in [4.78, 5) is 35.7. The molecule has 7 heteroatoms. The maximum absolute atomic E-state index is 12.7. The highest BCUT2D eigenvalue weighted by Gasteiger charge is 2.19. The molecule has 0 radical (unpaired) electrons. The standard InChI is InChI=1S/C19H23N5O2/c1-13-8-14(2)18(15(3)9-13)22-19(26)16-10-17(21-11-20-16)24-6-4-23(12-25)5-7-24/h8-12H,4-7H2,1-3H3,(H,22,26). The van der Waals surface area contributed by atoms with Crippen LogP contribution in [-0.4, -0.2) is 53.4 Å². The average molecular weight is 353 g/mol. The lowest BCUT2D eigenvalue weighted by atomic mass is 10.0. The SMILES string of the molecule is Cc1cc(C)c(NC(=O)c2cc(N3CCN(C=O)CC3)ncn2)c(C)c1. The zero-order chi connectivity index (χ0) is 18.7. The molecule has 1 aliphatic rings. The topological polar surface area (TPSA) is 78.4 Å². The summed E-state index contributed by atoms with van der Waals surface area (Å²) in [6, 6.07) is 5.78.